The summed E-state index contributed by atoms with van der Waals surface area (Å²) in [6.45, 7) is 4.68. The minimum atomic E-state index is -0.161. The standard InChI is InChI=1S/C15H17N3O2/c1-3-13-14(9(2)18-20-13)15(19)17-11-4-5-12-10(8-11)6-7-16-12/h4-5,8,16H,3,6-7H2,1-2H3,(H,17,19). The van der Waals surface area contributed by atoms with Crippen molar-refractivity contribution >= 4 is 17.3 Å². The highest BCUT2D eigenvalue weighted by atomic mass is 16.5. The molecule has 1 aromatic carbocycles. The zero-order valence-corrected chi connectivity index (χ0v) is 11.6. The Morgan fingerprint density at radius 3 is 3.15 bits per heavy atom. The van der Waals surface area contributed by atoms with Gasteiger partial charge in [-0.1, -0.05) is 12.1 Å². The Bertz CT molecular complexity index is 661. The van der Waals surface area contributed by atoms with E-state index in [1.165, 1.54) is 5.56 Å². The van der Waals surface area contributed by atoms with Crippen LogP contribution in [0.2, 0.25) is 0 Å². The van der Waals surface area contributed by atoms with Crippen LogP contribution in [0.3, 0.4) is 0 Å². The predicted molar refractivity (Wildman–Crippen MR) is 77.2 cm³/mol. The summed E-state index contributed by atoms with van der Waals surface area (Å²) in [6.07, 6.45) is 1.64. The van der Waals surface area contributed by atoms with Gasteiger partial charge >= 0.3 is 0 Å². The van der Waals surface area contributed by atoms with Gasteiger partial charge in [-0.05, 0) is 37.1 Å². The first-order valence-electron chi connectivity index (χ1n) is 6.82. The van der Waals surface area contributed by atoms with Gasteiger partial charge in [0, 0.05) is 24.3 Å². The third-order valence-electron chi connectivity index (χ3n) is 3.55. The molecule has 104 valence electrons. The van der Waals surface area contributed by atoms with E-state index in [-0.39, 0.29) is 5.91 Å². The summed E-state index contributed by atoms with van der Waals surface area (Å²) in [5.41, 5.74) is 4.37. The van der Waals surface area contributed by atoms with E-state index < -0.39 is 0 Å². The molecule has 5 heteroatoms. The van der Waals surface area contributed by atoms with Gasteiger partial charge in [0.25, 0.3) is 5.91 Å². The lowest BCUT2D eigenvalue weighted by Gasteiger charge is -2.07. The SMILES string of the molecule is CCc1onc(C)c1C(=O)Nc1ccc2c(c1)CCN2. The lowest BCUT2D eigenvalue weighted by molar-refractivity contribution is 0.102. The predicted octanol–water partition coefficient (Wildman–Crippen LogP) is 2.77. The molecule has 0 unspecified atom stereocenters. The van der Waals surface area contributed by atoms with Crippen molar-refractivity contribution in [3.05, 3.63) is 40.8 Å². The first-order valence-corrected chi connectivity index (χ1v) is 6.82. The summed E-state index contributed by atoms with van der Waals surface area (Å²) in [4.78, 5) is 12.3. The monoisotopic (exact) mass is 271 g/mol. The van der Waals surface area contributed by atoms with Crippen LogP contribution in [0.1, 0.15) is 34.3 Å². The average Bonchev–Trinajstić information content (AvgIpc) is 3.04. The Morgan fingerprint density at radius 2 is 2.35 bits per heavy atom. The molecule has 1 aliphatic heterocycles. The van der Waals surface area contributed by atoms with Gasteiger partial charge < -0.3 is 15.2 Å². The van der Waals surface area contributed by atoms with E-state index in [4.69, 9.17) is 4.52 Å². The minimum absolute atomic E-state index is 0.161. The third kappa shape index (κ3) is 2.15. The second kappa shape index (κ2) is 5.00. The molecule has 1 aliphatic rings. The number of hydrogen-bond acceptors (Lipinski definition) is 4. The van der Waals surface area contributed by atoms with E-state index in [1.54, 1.807) is 6.92 Å². The van der Waals surface area contributed by atoms with Gasteiger partial charge in [-0.25, -0.2) is 0 Å². The zero-order chi connectivity index (χ0) is 14.1. The number of anilines is 2. The fourth-order valence-electron chi connectivity index (χ4n) is 2.53. The highest BCUT2D eigenvalue weighted by Crippen LogP contribution is 2.26. The highest BCUT2D eigenvalue weighted by Gasteiger charge is 2.20. The molecule has 0 atom stereocenters. The molecule has 2 aromatic rings. The average molecular weight is 271 g/mol. The molecule has 2 heterocycles. The Labute approximate surface area is 117 Å². The maximum absolute atomic E-state index is 12.3. The number of carbonyl (C=O) groups excluding carboxylic acids is 1. The molecular formula is C15H17N3O2. The van der Waals surface area contributed by atoms with Crippen LogP contribution >= 0.6 is 0 Å². The molecule has 0 bridgehead atoms. The van der Waals surface area contributed by atoms with Crippen molar-refractivity contribution in [2.75, 3.05) is 17.2 Å². The maximum atomic E-state index is 12.3. The maximum Gasteiger partial charge on any atom is 0.261 e. The topological polar surface area (TPSA) is 67.2 Å². The fourth-order valence-corrected chi connectivity index (χ4v) is 2.53. The molecule has 1 amide bonds. The number of amides is 1. The van der Waals surface area contributed by atoms with Crippen molar-refractivity contribution < 1.29 is 9.32 Å². The molecule has 1 aromatic heterocycles. The van der Waals surface area contributed by atoms with E-state index in [1.807, 2.05) is 25.1 Å². The van der Waals surface area contributed by atoms with Crippen LogP contribution in [0.15, 0.2) is 22.7 Å². The Hall–Kier alpha value is -2.30. The van der Waals surface area contributed by atoms with Gasteiger partial charge in [0.15, 0.2) is 0 Å². The van der Waals surface area contributed by atoms with E-state index in [0.29, 0.717) is 23.4 Å². The van der Waals surface area contributed by atoms with Gasteiger partial charge in [0.2, 0.25) is 0 Å². The normalized spacial score (nSPS) is 12.9. The molecule has 2 N–H and O–H groups in total. The zero-order valence-electron chi connectivity index (χ0n) is 11.6. The Morgan fingerprint density at radius 1 is 1.50 bits per heavy atom. The van der Waals surface area contributed by atoms with Gasteiger partial charge in [0.05, 0.1) is 5.69 Å². The Kier molecular flexibility index (Phi) is 3.18. The van der Waals surface area contributed by atoms with Crippen LogP contribution in [0.5, 0.6) is 0 Å². The molecule has 5 nitrogen and oxygen atoms in total. The number of aromatic nitrogens is 1. The first kappa shape index (κ1) is 12.7. The number of rotatable bonds is 3. The van der Waals surface area contributed by atoms with E-state index >= 15 is 0 Å². The summed E-state index contributed by atoms with van der Waals surface area (Å²) < 4.78 is 5.16. The largest absolute Gasteiger partial charge is 0.384 e. The Balaban J connectivity index is 1.84. The lowest BCUT2D eigenvalue weighted by atomic mass is 10.1. The van der Waals surface area contributed by atoms with Crippen LogP contribution in [0.25, 0.3) is 0 Å². The molecule has 0 radical (unpaired) electrons. The van der Waals surface area contributed by atoms with Crippen molar-refractivity contribution in [2.24, 2.45) is 0 Å². The molecule has 0 saturated heterocycles. The highest BCUT2D eigenvalue weighted by molar-refractivity contribution is 6.05. The van der Waals surface area contributed by atoms with Crippen molar-refractivity contribution in [3.63, 3.8) is 0 Å². The molecular weight excluding hydrogens is 254 g/mol. The van der Waals surface area contributed by atoms with Gasteiger partial charge in [-0.15, -0.1) is 0 Å². The summed E-state index contributed by atoms with van der Waals surface area (Å²) in [5.74, 6) is 0.467. The van der Waals surface area contributed by atoms with Crippen molar-refractivity contribution in [2.45, 2.75) is 26.7 Å². The number of nitrogens with zero attached hydrogens (tertiary/aromatic N) is 1. The first-order chi connectivity index (χ1) is 9.69. The fraction of sp³-hybridized carbons (Fsp3) is 0.333. The molecule has 0 saturated carbocycles. The molecule has 3 rings (SSSR count). The number of hydrogen-bond donors (Lipinski definition) is 2. The smallest absolute Gasteiger partial charge is 0.261 e. The van der Waals surface area contributed by atoms with Crippen LogP contribution in [-0.4, -0.2) is 17.6 Å². The number of nitrogens with one attached hydrogen (secondary N) is 2. The summed E-state index contributed by atoms with van der Waals surface area (Å²) in [5, 5.41) is 10.1. The summed E-state index contributed by atoms with van der Waals surface area (Å²) in [6, 6.07) is 5.92. The second-order valence-electron chi connectivity index (χ2n) is 4.92. The van der Waals surface area contributed by atoms with Crippen LogP contribution in [0.4, 0.5) is 11.4 Å². The van der Waals surface area contributed by atoms with Crippen LogP contribution < -0.4 is 10.6 Å². The van der Waals surface area contributed by atoms with Crippen LogP contribution in [-0.2, 0) is 12.8 Å². The minimum Gasteiger partial charge on any atom is -0.384 e. The van der Waals surface area contributed by atoms with Gasteiger partial charge in [-0.2, -0.15) is 0 Å². The number of carbonyl (C=O) groups is 1. The molecule has 0 aliphatic carbocycles. The van der Waals surface area contributed by atoms with E-state index in [2.05, 4.69) is 15.8 Å². The number of aryl methyl sites for hydroxylation is 2. The van der Waals surface area contributed by atoms with Gasteiger partial charge in [-0.3, -0.25) is 4.79 Å². The van der Waals surface area contributed by atoms with Gasteiger partial charge in [0.1, 0.15) is 11.3 Å². The summed E-state index contributed by atoms with van der Waals surface area (Å²) >= 11 is 0. The van der Waals surface area contributed by atoms with Crippen LogP contribution in [0, 0.1) is 6.92 Å². The van der Waals surface area contributed by atoms with E-state index in [0.717, 1.165) is 24.3 Å². The second-order valence-corrected chi connectivity index (χ2v) is 4.92. The third-order valence-corrected chi connectivity index (χ3v) is 3.55. The van der Waals surface area contributed by atoms with Crippen molar-refractivity contribution in [3.8, 4) is 0 Å². The quantitative estimate of drug-likeness (QED) is 0.900. The number of benzene rings is 1. The summed E-state index contributed by atoms with van der Waals surface area (Å²) in [7, 11) is 0. The number of fused-ring (bicyclic) bond motifs is 1. The van der Waals surface area contributed by atoms with E-state index in [9.17, 15) is 4.79 Å². The molecule has 0 spiro atoms. The molecule has 0 fully saturated rings. The van der Waals surface area contributed by atoms with Crippen molar-refractivity contribution in [1.29, 1.82) is 0 Å². The molecule has 20 heavy (non-hydrogen) atoms. The lowest BCUT2D eigenvalue weighted by Crippen LogP contribution is -2.14. The van der Waals surface area contributed by atoms with Crippen molar-refractivity contribution in [1.82, 2.24) is 5.16 Å².